The quantitative estimate of drug-likeness (QED) is 0.164. The zero-order chi connectivity index (χ0) is 35.0. The van der Waals surface area contributed by atoms with Gasteiger partial charge in [0.25, 0.3) is 0 Å². The molecule has 2 saturated carbocycles. The number of alkyl halides is 12. The van der Waals surface area contributed by atoms with Gasteiger partial charge in [-0.1, -0.05) is 27.7 Å². The van der Waals surface area contributed by atoms with Gasteiger partial charge in [-0.05, 0) is 109 Å². The monoisotopic (exact) mass is 676 g/mol. The summed E-state index contributed by atoms with van der Waals surface area (Å²) in [6.07, 6.45) is 1.99. The molecule has 0 aromatic heterocycles. The van der Waals surface area contributed by atoms with Gasteiger partial charge in [-0.15, -0.1) is 0 Å². The van der Waals surface area contributed by atoms with Crippen molar-refractivity contribution in [3.63, 3.8) is 0 Å². The van der Waals surface area contributed by atoms with Gasteiger partial charge in [0.2, 0.25) is 0 Å². The van der Waals surface area contributed by atoms with Gasteiger partial charge in [-0.2, -0.15) is 52.7 Å². The minimum absolute atomic E-state index is 0.0752. The highest BCUT2D eigenvalue weighted by Crippen LogP contribution is 2.64. The molecule has 2 nitrogen and oxygen atoms in total. The van der Waals surface area contributed by atoms with E-state index in [0.717, 1.165) is 0 Å². The largest absolute Gasteiger partial charge is 0.398 e. The average molecular weight is 677 g/mol. The fourth-order valence-electron chi connectivity index (χ4n) is 5.63. The van der Waals surface area contributed by atoms with Crippen LogP contribution in [0.25, 0.3) is 0 Å². The summed E-state index contributed by atoms with van der Waals surface area (Å²) in [6, 6.07) is 1.40. The smallest absolute Gasteiger partial charge is 0.385 e. The Balaban J connectivity index is 1.83. The van der Waals surface area contributed by atoms with Crippen molar-refractivity contribution in [3.8, 4) is 0 Å². The summed E-state index contributed by atoms with van der Waals surface area (Å²) in [4.78, 5) is 0. The molecule has 0 radical (unpaired) electrons. The van der Waals surface area contributed by atoms with Crippen LogP contribution in [0.5, 0.6) is 0 Å². The van der Waals surface area contributed by atoms with E-state index in [2.05, 4.69) is 0 Å². The molecule has 14 heteroatoms. The molecule has 4 rings (SSSR count). The maximum atomic E-state index is 15.4. The summed E-state index contributed by atoms with van der Waals surface area (Å²) < 4.78 is 183. The van der Waals surface area contributed by atoms with Crippen LogP contribution in [0, 0.1) is 0 Å². The predicted octanol–water partition coefficient (Wildman–Crippen LogP) is 11.1. The molecule has 2 unspecified atom stereocenters. The number of anilines is 2. The van der Waals surface area contributed by atoms with Gasteiger partial charge in [-0.3, -0.25) is 0 Å². The van der Waals surface area contributed by atoms with Crippen molar-refractivity contribution in [2.75, 3.05) is 11.5 Å². The number of hydrogen-bond donors (Lipinski definition) is 2. The van der Waals surface area contributed by atoms with E-state index >= 15 is 52.7 Å². The molecule has 258 valence electrons. The minimum Gasteiger partial charge on any atom is -0.398 e. The van der Waals surface area contributed by atoms with E-state index in [-0.39, 0.29) is 46.5 Å². The van der Waals surface area contributed by atoms with Crippen molar-refractivity contribution >= 4 is 11.4 Å². The number of nitrogens with two attached hydrogens (primary N) is 2. The minimum atomic E-state index is -7.69. The van der Waals surface area contributed by atoms with Crippen molar-refractivity contribution in [2.45, 2.75) is 125 Å². The molecule has 0 heterocycles. The molecule has 2 aromatic carbocycles. The molecule has 46 heavy (non-hydrogen) atoms. The summed E-state index contributed by atoms with van der Waals surface area (Å²) in [5, 5.41) is 0. The molecule has 4 N–H and O–H groups in total. The first kappa shape index (κ1) is 36.0. The molecule has 2 atom stereocenters. The fraction of sp³-hybridized carbons (Fsp3) is 0.625. The highest BCUT2D eigenvalue weighted by molar-refractivity contribution is 5.61. The van der Waals surface area contributed by atoms with Gasteiger partial charge in [0, 0.05) is 22.5 Å². The van der Waals surface area contributed by atoms with Gasteiger partial charge >= 0.3 is 35.5 Å². The predicted molar refractivity (Wildman–Crippen MR) is 151 cm³/mol. The van der Waals surface area contributed by atoms with E-state index in [1.807, 2.05) is 0 Å². The zero-order valence-corrected chi connectivity index (χ0v) is 25.6. The van der Waals surface area contributed by atoms with E-state index < -0.39 is 70.3 Å². The van der Waals surface area contributed by atoms with Crippen molar-refractivity contribution in [3.05, 3.63) is 57.6 Å². The SMILES string of the molecule is CCC(C)c1cc(C(F)(F)C(F)(F)C(F)(F)C(F)(F)C(F)(F)C(F)(F)c2cc(C(C)CC)c(N)c(C3CC3)c2)cc(C2CC2)c1N. The molecule has 0 spiro atoms. The van der Waals surface area contributed by atoms with E-state index in [4.69, 9.17) is 11.5 Å². The van der Waals surface area contributed by atoms with E-state index in [0.29, 0.717) is 49.9 Å². The van der Waals surface area contributed by atoms with Crippen LogP contribution in [-0.4, -0.2) is 23.7 Å². The van der Waals surface area contributed by atoms with Crippen LogP contribution in [-0.2, 0) is 11.8 Å². The van der Waals surface area contributed by atoms with Crippen molar-refractivity contribution in [2.24, 2.45) is 0 Å². The first-order valence-corrected chi connectivity index (χ1v) is 15.1. The molecule has 2 aromatic rings. The summed E-state index contributed by atoms with van der Waals surface area (Å²) in [5.74, 6) is -44.8. The maximum absolute atomic E-state index is 15.4. The third-order valence-corrected chi connectivity index (χ3v) is 9.51. The lowest BCUT2D eigenvalue weighted by Gasteiger charge is -2.41. The lowest BCUT2D eigenvalue weighted by atomic mass is 9.83. The maximum Gasteiger partial charge on any atom is 0.385 e. The molecular weight excluding hydrogens is 640 g/mol. The molecule has 0 amide bonds. The number of nitrogen functional groups attached to an aromatic ring is 2. The first-order chi connectivity index (χ1) is 20.9. The van der Waals surface area contributed by atoms with E-state index in [9.17, 15) is 0 Å². The molecule has 0 aliphatic heterocycles. The van der Waals surface area contributed by atoms with Crippen LogP contribution in [0.1, 0.15) is 123 Å². The van der Waals surface area contributed by atoms with E-state index in [1.54, 1.807) is 13.8 Å². The molecular formula is C32H36F12N2. The molecule has 2 aliphatic rings. The summed E-state index contributed by atoms with van der Waals surface area (Å²) in [6.45, 7) is 6.09. The Labute approximate surface area is 258 Å². The second kappa shape index (κ2) is 11.4. The lowest BCUT2D eigenvalue weighted by Crippen LogP contribution is -2.69. The highest BCUT2D eigenvalue weighted by atomic mass is 19.4. The topological polar surface area (TPSA) is 52.0 Å². The Kier molecular flexibility index (Phi) is 8.95. The normalized spacial score (nSPS) is 18.5. The Morgan fingerprint density at radius 1 is 0.543 bits per heavy atom. The number of benzene rings is 2. The van der Waals surface area contributed by atoms with Crippen LogP contribution in [0.2, 0.25) is 0 Å². The van der Waals surface area contributed by atoms with Crippen molar-refractivity contribution < 1.29 is 52.7 Å². The van der Waals surface area contributed by atoms with Gasteiger partial charge < -0.3 is 11.5 Å². The Bertz CT molecular complexity index is 1350. The summed E-state index contributed by atoms with van der Waals surface area (Å²) in [5.41, 5.74) is 7.62. The second-order valence-corrected chi connectivity index (χ2v) is 12.8. The van der Waals surface area contributed by atoms with Crippen LogP contribution in [0.15, 0.2) is 24.3 Å². The fourth-order valence-corrected chi connectivity index (χ4v) is 5.63. The average Bonchev–Trinajstić information content (AvgIpc) is 3.90. The first-order valence-electron chi connectivity index (χ1n) is 15.1. The number of rotatable bonds is 13. The molecule has 0 bridgehead atoms. The summed E-state index contributed by atoms with van der Waals surface area (Å²) in [7, 11) is 0. The van der Waals surface area contributed by atoms with Crippen molar-refractivity contribution in [1.29, 1.82) is 0 Å². The third-order valence-electron chi connectivity index (χ3n) is 9.51. The molecule has 0 saturated heterocycles. The molecule has 2 fully saturated rings. The summed E-state index contributed by atoms with van der Waals surface area (Å²) >= 11 is 0. The van der Waals surface area contributed by atoms with E-state index in [1.165, 1.54) is 13.8 Å². The van der Waals surface area contributed by atoms with Gasteiger partial charge in [0.1, 0.15) is 0 Å². The molecule has 2 aliphatic carbocycles. The van der Waals surface area contributed by atoms with Gasteiger partial charge in [-0.25, -0.2) is 0 Å². The third kappa shape index (κ3) is 5.29. The zero-order valence-electron chi connectivity index (χ0n) is 25.6. The highest BCUT2D eigenvalue weighted by Gasteiger charge is 2.90. The Hall–Kier alpha value is -2.80. The number of hydrogen-bond acceptors (Lipinski definition) is 2. The van der Waals surface area contributed by atoms with Crippen LogP contribution in [0.3, 0.4) is 0 Å². The number of halogens is 12. The Morgan fingerprint density at radius 2 is 0.826 bits per heavy atom. The van der Waals surface area contributed by atoms with Crippen LogP contribution < -0.4 is 11.5 Å². The van der Waals surface area contributed by atoms with Crippen LogP contribution in [0.4, 0.5) is 64.1 Å². The Morgan fingerprint density at radius 3 is 1.07 bits per heavy atom. The lowest BCUT2D eigenvalue weighted by molar-refractivity contribution is -0.429. The standard InChI is InChI=1S/C32H36F12N2/c1-5-15(3)21-11-19(13-23(25(21)45)17-7-8-17)27(33,34)29(37,38)31(41,42)32(43,44)30(39,40)28(35,36)20-12-22(16(4)6-2)26(46)24(14-20)18-9-10-18/h11-18H,5-10,45-46H2,1-4H3. The van der Waals surface area contributed by atoms with Crippen molar-refractivity contribution in [1.82, 2.24) is 0 Å². The van der Waals surface area contributed by atoms with Gasteiger partial charge in [0.05, 0.1) is 0 Å². The second-order valence-electron chi connectivity index (χ2n) is 12.8. The van der Waals surface area contributed by atoms with Crippen LogP contribution >= 0.6 is 0 Å². The van der Waals surface area contributed by atoms with Gasteiger partial charge in [0.15, 0.2) is 0 Å².